The zero-order valence-electron chi connectivity index (χ0n) is 16.0. The van der Waals surface area contributed by atoms with E-state index in [9.17, 15) is 9.59 Å². The molecule has 0 radical (unpaired) electrons. The first-order chi connectivity index (χ1) is 13.0. The van der Waals surface area contributed by atoms with Gasteiger partial charge >= 0.3 is 0 Å². The molecular weight excluding hydrogens is 342 g/mol. The highest BCUT2D eigenvalue weighted by atomic mass is 16.5. The zero-order valence-corrected chi connectivity index (χ0v) is 16.0. The summed E-state index contributed by atoms with van der Waals surface area (Å²) in [5, 5.41) is 0. The number of hydrogen-bond donors (Lipinski definition) is 0. The second-order valence-electron chi connectivity index (χ2n) is 6.81. The Morgan fingerprint density at radius 1 is 1.11 bits per heavy atom. The smallest absolute Gasteiger partial charge is 0.256 e. The van der Waals surface area contributed by atoms with E-state index in [2.05, 4.69) is 0 Å². The van der Waals surface area contributed by atoms with Crippen molar-refractivity contribution in [3.05, 3.63) is 59.7 Å². The Bertz CT molecular complexity index is 835. The maximum absolute atomic E-state index is 12.9. The molecule has 0 saturated carbocycles. The van der Waals surface area contributed by atoms with Gasteiger partial charge in [-0.1, -0.05) is 24.3 Å². The fourth-order valence-electron chi connectivity index (χ4n) is 3.26. The van der Waals surface area contributed by atoms with Crippen LogP contribution in [0.1, 0.15) is 15.9 Å². The van der Waals surface area contributed by atoms with E-state index >= 15 is 0 Å². The van der Waals surface area contributed by atoms with Gasteiger partial charge < -0.3 is 19.4 Å². The Hall–Kier alpha value is -3.02. The highest BCUT2D eigenvalue weighted by Crippen LogP contribution is 2.21. The normalized spacial score (nSPS) is 14.3. The summed E-state index contributed by atoms with van der Waals surface area (Å²) in [6, 6.07) is 15.2. The predicted molar refractivity (Wildman–Crippen MR) is 105 cm³/mol. The Morgan fingerprint density at radius 3 is 2.59 bits per heavy atom. The van der Waals surface area contributed by atoms with Crippen LogP contribution in [0.2, 0.25) is 0 Å². The molecule has 0 aliphatic carbocycles. The lowest BCUT2D eigenvalue weighted by Gasteiger charge is -2.35. The molecule has 0 aromatic heterocycles. The van der Waals surface area contributed by atoms with Crippen LogP contribution in [0.4, 0.5) is 5.69 Å². The van der Waals surface area contributed by atoms with E-state index in [-0.39, 0.29) is 18.4 Å². The lowest BCUT2D eigenvalue weighted by Crippen LogP contribution is -2.51. The van der Waals surface area contributed by atoms with E-state index in [1.807, 2.05) is 67.5 Å². The van der Waals surface area contributed by atoms with Crippen molar-refractivity contribution >= 4 is 17.5 Å². The first-order valence-corrected chi connectivity index (χ1v) is 8.96. The molecule has 6 nitrogen and oxygen atoms in total. The summed E-state index contributed by atoms with van der Waals surface area (Å²) >= 11 is 0. The minimum Gasteiger partial charge on any atom is -0.497 e. The minimum atomic E-state index is -0.103. The average Bonchev–Trinajstić information content (AvgIpc) is 2.69. The van der Waals surface area contributed by atoms with Gasteiger partial charge in [-0.3, -0.25) is 9.59 Å². The monoisotopic (exact) mass is 367 g/mol. The molecule has 0 unspecified atom stereocenters. The van der Waals surface area contributed by atoms with Gasteiger partial charge in [-0.05, 0) is 29.8 Å². The highest BCUT2D eigenvalue weighted by Gasteiger charge is 2.29. The van der Waals surface area contributed by atoms with Crippen LogP contribution in [0.3, 0.4) is 0 Å². The van der Waals surface area contributed by atoms with Crippen LogP contribution >= 0.6 is 0 Å². The third-order valence-electron chi connectivity index (χ3n) is 4.73. The first-order valence-electron chi connectivity index (χ1n) is 8.96. The molecule has 3 rings (SSSR count). The number of rotatable bonds is 5. The van der Waals surface area contributed by atoms with Crippen molar-refractivity contribution in [2.24, 2.45) is 0 Å². The molecule has 0 spiro atoms. The first kappa shape index (κ1) is 18.8. The van der Waals surface area contributed by atoms with E-state index in [4.69, 9.17) is 4.74 Å². The number of nitrogens with zero attached hydrogens (tertiary/aromatic N) is 3. The van der Waals surface area contributed by atoms with Crippen LogP contribution in [0, 0.1) is 0 Å². The van der Waals surface area contributed by atoms with Gasteiger partial charge in [0.15, 0.2) is 0 Å². The van der Waals surface area contributed by atoms with E-state index < -0.39 is 0 Å². The number of anilines is 1. The fourth-order valence-corrected chi connectivity index (χ4v) is 3.26. The number of hydrogen-bond acceptors (Lipinski definition) is 4. The Labute approximate surface area is 159 Å². The number of amides is 2. The van der Waals surface area contributed by atoms with Gasteiger partial charge in [0, 0.05) is 39.4 Å². The number of carbonyl (C=O) groups is 2. The molecule has 2 aromatic rings. The summed E-state index contributed by atoms with van der Waals surface area (Å²) in [5.41, 5.74) is 2.49. The molecule has 142 valence electrons. The van der Waals surface area contributed by atoms with Crippen molar-refractivity contribution in [2.75, 3.05) is 45.7 Å². The number of piperazine rings is 1. The summed E-state index contributed by atoms with van der Waals surface area (Å²) in [5.74, 6) is 0.627. The van der Waals surface area contributed by atoms with Gasteiger partial charge in [-0.25, -0.2) is 0 Å². The molecular formula is C21H25N3O3. The number of benzene rings is 2. The molecule has 1 saturated heterocycles. The maximum Gasteiger partial charge on any atom is 0.256 e. The molecule has 2 amide bonds. The quantitative estimate of drug-likeness (QED) is 0.813. The van der Waals surface area contributed by atoms with Gasteiger partial charge in [0.2, 0.25) is 5.91 Å². The second-order valence-corrected chi connectivity index (χ2v) is 6.81. The molecule has 1 aliphatic rings. The van der Waals surface area contributed by atoms with Crippen LogP contribution < -0.4 is 9.64 Å². The fraction of sp³-hybridized carbons (Fsp3) is 0.333. The number of methoxy groups -OCH3 is 1. The van der Waals surface area contributed by atoms with Gasteiger partial charge in [-0.15, -0.1) is 0 Å². The third-order valence-corrected chi connectivity index (χ3v) is 4.73. The van der Waals surface area contributed by atoms with E-state index in [0.29, 0.717) is 25.2 Å². The van der Waals surface area contributed by atoms with Gasteiger partial charge in [0.05, 0.1) is 12.7 Å². The Kier molecular flexibility index (Phi) is 5.64. The largest absolute Gasteiger partial charge is 0.497 e. The van der Waals surface area contributed by atoms with E-state index in [1.165, 1.54) is 0 Å². The molecule has 6 heteroatoms. The van der Waals surface area contributed by atoms with Gasteiger partial charge in [0.1, 0.15) is 12.3 Å². The molecule has 0 atom stereocenters. The van der Waals surface area contributed by atoms with Crippen molar-refractivity contribution in [2.45, 2.75) is 6.54 Å². The molecule has 1 aliphatic heterocycles. The van der Waals surface area contributed by atoms with E-state index in [1.54, 1.807) is 16.9 Å². The van der Waals surface area contributed by atoms with Crippen molar-refractivity contribution < 1.29 is 14.3 Å². The third kappa shape index (κ3) is 4.22. The van der Waals surface area contributed by atoms with Crippen molar-refractivity contribution in [3.63, 3.8) is 0 Å². The number of ether oxygens (including phenoxy) is 1. The van der Waals surface area contributed by atoms with Crippen LogP contribution in [-0.4, -0.2) is 62.5 Å². The molecule has 0 N–H and O–H groups in total. The van der Waals surface area contributed by atoms with Crippen molar-refractivity contribution in [1.29, 1.82) is 0 Å². The highest BCUT2D eigenvalue weighted by molar-refractivity contribution is 6.01. The van der Waals surface area contributed by atoms with Crippen molar-refractivity contribution in [3.8, 4) is 5.75 Å². The molecule has 0 bridgehead atoms. The van der Waals surface area contributed by atoms with Gasteiger partial charge in [-0.2, -0.15) is 0 Å². The van der Waals surface area contributed by atoms with Crippen LogP contribution in [0.5, 0.6) is 5.75 Å². The molecule has 27 heavy (non-hydrogen) atoms. The zero-order chi connectivity index (χ0) is 19.4. The predicted octanol–water partition coefficient (Wildman–Crippen LogP) is 2.25. The van der Waals surface area contributed by atoms with Gasteiger partial charge in [0.25, 0.3) is 5.91 Å². The second kappa shape index (κ2) is 8.12. The average molecular weight is 367 g/mol. The van der Waals surface area contributed by atoms with Crippen molar-refractivity contribution in [1.82, 2.24) is 9.80 Å². The topological polar surface area (TPSA) is 53.1 Å². The summed E-state index contributed by atoms with van der Waals surface area (Å²) in [6.45, 7) is 1.67. The lowest BCUT2D eigenvalue weighted by molar-refractivity contribution is -0.135. The summed E-state index contributed by atoms with van der Waals surface area (Å²) in [4.78, 5) is 30.9. The van der Waals surface area contributed by atoms with Crippen LogP contribution in [0.25, 0.3) is 0 Å². The van der Waals surface area contributed by atoms with Crippen LogP contribution in [0.15, 0.2) is 48.5 Å². The Morgan fingerprint density at radius 2 is 1.89 bits per heavy atom. The Balaban J connectivity index is 1.68. The summed E-state index contributed by atoms with van der Waals surface area (Å²) in [6.07, 6.45) is 0. The standard InChI is InChI=1S/C21H25N3O3/c1-22(2)19-10-5-4-9-18(19)21(26)24-12-11-23(20(25)15-24)14-16-7-6-8-17(13-16)27-3/h4-10,13H,11-12,14-15H2,1-3H3. The lowest BCUT2D eigenvalue weighted by atomic mass is 10.1. The molecule has 1 fully saturated rings. The van der Waals surface area contributed by atoms with Crippen LogP contribution in [-0.2, 0) is 11.3 Å². The number of para-hydroxylation sites is 1. The summed E-state index contributed by atoms with van der Waals surface area (Å²) in [7, 11) is 5.44. The molecule has 1 heterocycles. The van der Waals surface area contributed by atoms with E-state index in [0.717, 1.165) is 17.0 Å². The molecule has 2 aromatic carbocycles. The minimum absolute atomic E-state index is 0.0419. The summed E-state index contributed by atoms with van der Waals surface area (Å²) < 4.78 is 5.24. The number of carbonyl (C=O) groups excluding carboxylic acids is 2. The maximum atomic E-state index is 12.9. The SMILES string of the molecule is COc1cccc(CN2CCN(C(=O)c3ccccc3N(C)C)CC2=O)c1.